The molecule has 0 aliphatic heterocycles. The van der Waals surface area contributed by atoms with Crippen molar-refractivity contribution in [2.24, 2.45) is 0 Å². The Kier molecular flexibility index (Phi) is 5.82. The van der Waals surface area contributed by atoms with Gasteiger partial charge in [-0.15, -0.1) is 0 Å². The predicted octanol–water partition coefficient (Wildman–Crippen LogP) is 3.82. The largest absolute Gasteiger partial charge is 0.497 e. The minimum atomic E-state index is -3.97. The Balaban J connectivity index is 1.74. The maximum atomic E-state index is 13.1. The van der Waals surface area contributed by atoms with E-state index >= 15 is 0 Å². The summed E-state index contributed by atoms with van der Waals surface area (Å²) in [5, 5.41) is 0.510. The van der Waals surface area contributed by atoms with Crippen LogP contribution in [-0.4, -0.2) is 32.2 Å². The molecule has 0 spiro atoms. The van der Waals surface area contributed by atoms with Gasteiger partial charge in [-0.25, -0.2) is 13.4 Å². The first-order chi connectivity index (χ1) is 15.7. The zero-order valence-corrected chi connectivity index (χ0v) is 19.4. The average Bonchev–Trinajstić information content (AvgIpc) is 2.80. The second-order valence-corrected chi connectivity index (χ2v) is 9.09. The molecule has 0 aliphatic rings. The van der Waals surface area contributed by atoms with Gasteiger partial charge in [-0.1, -0.05) is 12.1 Å². The number of rotatable bonds is 6. The Morgan fingerprint density at radius 1 is 0.939 bits per heavy atom. The Labute approximate surface area is 191 Å². The summed E-state index contributed by atoms with van der Waals surface area (Å²) in [7, 11) is -1.11. The highest BCUT2D eigenvalue weighted by molar-refractivity contribution is 7.92. The van der Waals surface area contributed by atoms with Gasteiger partial charge in [0.25, 0.3) is 15.6 Å². The SMILES string of the molecule is COc1ccc(OC)c(S(=O)(=O)Nc2ccc(-n3c(C)nc4ccccc4c3=O)cc2C)c1. The number of fused-ring (bicyclic) bond motifs is 1. The summed E-state index contributed by atoms with van der Waals surface area (Å²) in [5.74, 6) is 1.12. The fraction of sp³-hybridized carbons (Fsp3) is 0.167. The third-order valence-corrected chi connectivity index (χ3v) is 6.70. The fourth-order valence-electron chi connectivity index (χ4n) is 3.64. The molecule has 33 heavy (non-hydrogen) atoms. The molecule has 0 unspecified atom stereocenters. The molecule has 0 aliphatic carbocycles. The van der Waals surface area contributed by atoms with E-state index in [4.69, 9.17) is 9.47 Å². The van der Waals surface area contributed by atoms with Gasteiger partial charge in [0.1, 0.15) is 22.2 Å². The van der Waals surface area contributed by atoms with E-state index in [1.165, 1.54) is 30.9 Å². The number of hydrogen-bond acceptors (Lipinski definition) is 6. The molecule has 1 aromatic heterocycles. The van der Waals surface area contributed by atoms with Crippen molar-refractivity contribution >= 4 is 26.6 Å². The van der Waals surface area contributed by atoms with Crippen LogP contribution < -0.4 is 19.8 Å². The van der Waals surface area contributed by atoms with Crippen LogP contribution in [0.2, 0.25) is 0 Å². The highest BCUT2D eigenvalue weighted by Gasteiger charge is 2.22. The molecule has 0 atom stereocenters. The van der Waals surface area contributed by atoms with E-state index in [0.29, 0.717) is 39.4 Å². The molecule has 3 aromatic carbocycles. The number of aromatic nitrogens is 2. The van der Waals surface area contributed by atoms with Crippen LogP contribution in [-0.2, 0) is 10.0 Å². The van der Waals surface area contributed by atoms with Crippen LogP contribution in [0, 0.1) is 13.8 Å². The molecule has 170 valence electrons. The third kappa shape index (κ3) is 4.14. The van der Waals surface area contributed by atoms with Crippen LogP contribution in [0.4, 0.5) is 5.69 Å². The van der Waals surface area contributed by atoms with Crippen molar-refractivity contribution in [3.8, 4) is 17.2 Å². The summed E-state index contributed by atoms with van der Waals surface area (Å²) < 4.78 is 40.7. The van der Waals surface area contributed by atoms with Crippen molar-refractivity contribution in [3.63, 3.8) is 0 Å². The van der Waals surface area contributed by atoms with Crippen LogP contribution >= 0.6 is 0 Å². The lowest BCUT2D eigenvalue weighted by atomic mass is 10.1. The summed E-state index contributed by atoms with van der Waals surface area (Å²) in [6.07, 6.45) is 0. The number of sulfonamides is 1. The molecular formula is C24H23N3O5S. The van der Waals surface area contributed by atoms with Gasteiger partial charge in [0.05, 0.1) is 36.5 Å². The van der Waals surface area contributed by atoms with Crippen LogP contribution in [0.15, 0.2) is 70.4 Å². The Hall–Kier alpha value is -3.85. The van der Waals surface area contributed by atoms with E-state index in [1.807, 2.05) is 6.07 Å². The molecule has 0 radical (unpaired) electrons. The number of hydrogen-bond donors (Lipinski definition) is 1. The molecule has 8 nitrogen and oxygen atoms in total. The zero-order valence-electron chi connectivity index (χ0n) is 18.6. The minimum absolute atomic E-state index is 0.0429. The number of methoxy groups -OCH3 is 2. The Bertz CT molecular complexity index is 1530. The van der Waals surface area contributed by atoms with Gasteiger partial charge in [-0.05, 0) is 61.9 Å². The molecule has 0 amide bonds. The third-order valence-electron chi connectivity index (χ3n) is 5.32. The van der Waals surface area contributed by atoms with Crippen LogP contribution in [0.25, 0.3) is 16.6 Å². The molecule has 9 heteroatoms. The molecule has 4 aromatic rings. The monoisotopic (exact) mass is 465 g/mol. The van der Waals surface area contributed by atoms with Crippen LogP contribution in [0.3, 0.4) is 0 Å². The fourth-order valence-corrected chi connectivity index (χ4v) is 4.96. The molecule has 1 N–H and O–H groups in total. The first-order valence-electron chi connectivity index (χ1n) is 10.1. The number of aryl methyl sites for hydroxylation is 2. The van der Waals surface area contributed by atoms with E-state index in [2.05, 4.69) is 9.71 Å². The van der Waals surface area contributed by atoms with Gasteiger partial charge in [-0.3, -0.25) is 14.1 Å². The van der Waals surface area contributed by atoms with E-state index in [1.54, 1.807) is 56.3 Å². The number of nitrogens with zero attached hydrogens (tertiary/aromatic N) is 2. The van der Waals surface area contributed by atoms with Crippen molar-refractivity contribution < 1.29 is 17.9 Å². The first-order valence-corrected chi connectivity index (χ1v) is 11.6. The quantitative estimate of drug-likeness (QED) is 0.465. The van der Waals surface area contributed by atoms with Crippen molar-refractivity contribution in [3.05, 3.63) is 82.4 Å². The number of benzene rings is 3. The Morgan fingerprint density at radius 3 is 2.39 bits per heavy atom. The van der Waals surface area contributed by atoms with E-state index in [0.717, 1.165) is 0 Å². The Morgan fingerprint density at radius 2 is 1.70 bits per heavy atom. The van der Waals surface area contributed by atoms with E-state index < -0.39 is 10.0 Å². The van der Waals surface area contributed by atoms with Crippen LogP contribution in [0.1, 0.15) is 11.4 Å². The van der Waals surface area contributed by atoms with Crippen molar-refractivity contribution in [2.75, 3.05) is 18.9 Å². The first kappa shape index (κ1) is 22.3. The lowest BCUT2D eigenvalue weighted by Gasteiger charge is -2.16. The number of nitrogens with one attached hydrogen (secondary N) is 1. The smallest absolute Gasteiger partial charge is 0.265 e. The molecule has 0 fully saturated rings. The molecular weight excluding hydrogens is 442 g/mol. The zero-order chi connectivity index (χ0) is 23.8. The van der Waals surface area contributed by atoms with Gasteiger partial charge in [0.2, 0.25) is 0 Å². The van der Waals surface area contributed by atoms with Gasteiger partial charge in [0, 0.05) is 6.07 Å². The normalized spacial score (nSPS) is 11.4. The molecule has 0 saturated carbocycles. The summed E-state index contributed by atoms with van der Waals surface area (Å²) in [6.45, 7) is 3.52. The number of anilines is 1. The van der Waals surface area contributed by atoms with E-state index in [9.17, 15) is 13.2 Å². The molecule has 0 saturated heterocycles. The molecule has 1 heterocycles. The standard InChI is InChI=1S/C24H23N3O5S/c1-15-13-17(27-16(2)25-21-8-6-5-7-19(21)24(27)28)9-11-20(15)26-33(29,30)23-14-18(31-3)10-12-22(23)32-4/h5-14,26H,1-4H3. The summed E-state index contributed by atoms with van der Waals surface area (Å²) in [6, 6.07) is 16.7. The summed E-state index contributed by atoms with van der Waals surface area (Å²) in [5.41, 5.74) is 2.05. The molecule has 4 rings (SSSR count). The second kappa shape index (κ2) is 8.59. The van der Waals surface area contributed by atoms with Crippen molar-refractivity contribution in [2.45, 2.75) is 18.7 Å². The lowest BCUT2D eigenvalue weighted by molar-refractivity contribution is 0.392. The summed E-state index contributed by atoms with van der Waals surface area (Å²) >= 11 is 0. The second-order valence-electron chi connectivity index (χ2n) is 7.44. The van der Waals surface area contributed by atoms with Gasteiger partial charge in [-0.2, -0.15) is 0 Å². The maximum Gasteiger partial charge on any atom is 0.265 e. The van der Waals surface area contributed by atoms with Crippen LogP contribution in [0.5, 0.6) is 11.5 Å². The van der Waals surface area contributed by atoms with Crippen molar-refractivity contribution in [1.82, 2.24) is 9.55 Å². The minimum Gasteiger partial charge on any atom is -0.497 e. The van der Waals surface area contributed by atoms with Gasteiger partial charge >= 0.3 is 0 Å². The van der Waals surface area contributed by atoms with Gasteiger partial charge in [0.15, 0.2) is 0 Å². The number of ether oxygens (including phenoxy) is 2. The predicted molar refractivity (Wildman–Crippen MR) is 127 cm³/mol. The number of para-hydroxylation sites is 1. The lowest BCUT2D eigenvalue weighted by Crippen LogP contribution is -2.22. The summed E-state index contributed by atoms with van der Waals surface area (Å²) in [4.78, 5) is 17.6. The highest BCUT2D eigenvalue weighted by atomic mass is 32.2. The van der Waals surface area contributed by atoms with Crippen molar-refractivity contribution in [1.29, 1.82) is 0 Å². The maximum absolute atomic E-state index is 13.1. The highest BCUT2D eigenvalue weighted by Crippen LogP contribution is 2.31. The van der Waals surface area contributed by atoms with Gasteiger partial charge < -0.3 is 9.47 Å². The molecule has 0 bridgehead atoms. The topological polar surface area (TPSA) is 99.5 Å². The van der Waals surface area contributed by atoms with E-state index in [-0.39, 0.29) is 16.2 Å². The average molecular weight is 466 g/mol.